The summed E-state index contributed by atoms with van der Waals surface area (Å²) in [5, 5.41) is 11.7. The molecule has 0 aliphatic carbocycles. The topological polar surface area (TPSA) is 72.3 Å². The van der Waals surface area contributed by atoms with Crippen molar-refractivity contribution in [2.24, 2.45) is 0 Å². The van der Waals surface area contributed by atoms with Crippen LogP contribution in [0.2, 0.25) is 0 Å². The lowest BCUT2D eigenvalue weighted by Crippen LogP contribution is -2.42. The maximum absolute atomic E-state index is 12.7. The Bertz CT molecular complexity index is 884. The van der Waals surface area contributed by atoms with Crippen LogP contribution in [0.3, 0.4) is 0 Å². The fourth-order valence-electron chi connectivity index (χ4n) is 4.69. The minimum absolute atomic E-state index is 0.136. The van der Waals surface area contributed by atoms with E-state index in [4.69, 9.17) is 4.74 Å². The number of hydrogen-bond donors (Lipinski definition) is 1. The molecule has 7 nitrogen and oxygen atoms in total. The van der Waals surface area contributed by atoms with Crippen molar-refractivity contribution in [3.8, 4) is 5.69 Å². The van der Waals surface area contributed by atoms with Gasteiger partial charge in [-0.1, -0.05) is 31.2 Å². The molecule has 1 aromatic heterocycles. The third kappa shape index (κ3) is 4.14. The molecule has 3 heterocycles. The molecule has 4 rings (SSSR count). The summed E-state index contributed by atoms with van der Waals surface area (Å²) in [5.74, 6) is -0.136. The maximum Gasteiger partial charge on any atom is 0.273 e. The van der Waals surface area contributed by atoms with E-state index in [1.807, 2.05) is 11.6 Å². The van der Waals surface area contributed by atoms with Crippen molar-refractivity contribution in [3.05, 3.63) is 40.7 Å². The van der Waals surface area contributed by atoms with Crippen LogP contribution in [0, 0.1) is 6.92 Å². The smallest absolute Gasteiger partial charge is 0.273 e. The lowest BCUT2D eigenvalue weighted by Gasteiger charge is -2.38. The fourth-order valence-corrected chi connectivity index (χ4v) is 4.69. The first-order valence-corrected chi connectivity index (χ1v) is 11.3. The summed E-state index contributed by atoms with van der Waals surface area (Å²) in [6, 6.07) is 7.18. The van der Waals surface area contributed by atoms with Crippen LogP contribution in [0.15, 0.2) is 18.2 Å². The van der Waals surface area contributed by atoms with Gasteiger partial charge in [0, 0.05) is 38.4 Å². The van der Waals surface area contributed by atoms with Gasteiger partial charge >= 0.3 is 0 Å². The predicted octanol–water partition coefficient (Wildman–Crippen LogP) is 3.03. The first-order valence-electron chi connectivity index (χ1n) is 11.3. The van der Waals surface area contributed by atoms with Gasteiger partial charge in [-0.25, -0.2) is 4.68 Å². The highest BCUT2D eigenvalue weighted by atomic mass is 16.5. The van der Waals surface area contributed by atoms with E-state index in [9.17, 15) is 4.79 Å². The van der Waals surface area contributed by atoms with Crippen molar-refractivity contribution in [2.45, 2.75) is 71.5 Å². The minimum Gasteiger partial charge on any atom is -0.381 e. The quantitative estimate of drug-likeness (QED) is 0.791. The number of nitrogens with one attached hydrogen (secondary N) is 1. The van der Waals surface area contributed by atoms with Crippen LogP contribution in [-0.2, 0) is 17.7 Å². The number of aromatic nitrogens is 3. The molecule has 1 amide bonds. The molecule has 1 saturated heterocycles. The van der Waals surface area contributed by atoms with Crippen LogP contribution in [0.5, 0.6) is 0 Å². The molecule has 0 saturated carbocycles. The second-order valence-corrected chi connectivity index (χ2v) is 8.40. The van der Waals surface area contributed by atoms with Gasteiger partial charge in [0.15, 0.2) is 5.69 Å². The number of fused-ring (bicyclic) bond motifs is 1. The van der Waals surface area contributed by atoms with Gasteiger partial charge in [0.05, 0.1) is 11.4 Å². The molecular formula is C23H33N5O2. The number of carbonyl (C=O) groups excluding carboxylic acids is 1. The molecule has 0 radical (unpaired) electrons. The number of benzene rings is 1. The summed E-state index contributed by atoms with van der Waals surface area (Å²) in [6.07, 6.45) is 5.03. The number of ether oxygens (including phenoxy) is 1. The number of amides is 1. The minimum atomic E-state index is -0.136. The first-order chi connectivity index (χ1) is 14.6. The largest absolute Gasteiger partial charge is 0.381 e. The lowest BCUT2D eigenvalue weighted by molar-refractivity contribution is 0.0290. The third-order valence-electron chi connectivity index (χ3n) is 6.64. The van der Waals surface area contributed by atoms with Gasteiger partial charge in [0.25, 0.3) is 5.91 Å². The van der Waals surface area contributed by atoms with E-state index in [0.717, 1.165) is 69.8 Å². The van der Waals surface area contributed by atoms with E-state index in [-0.39, 0.29) is 11.9 Å². The number of hydrogen-bond acceptors (Lipinski definition) is 5. The average molecular weight is 412 g/mol. The SMILES string of the molecule is CCC(CC)NC(=O)c1nnn(-c2cccc3c2CCN(C2CCOCC2)C3)c1C. The Morgan fingerprint density at radius 3 is 2.77 bits per heavy atom. The number of rotatable bonds is 6. The van der Waals surface area contributed by atoms with Crippen molar-refractivity contribution >= 4 is 5.91 Å². The van der Waals surface area contributed by atoms with E-state index in [0.29, 0.717) is 11.7 Å². The zero-order chi connectivity index (χ0) is 21.1. The Morgan fingerprint density at radius 1 is 1.27 bits per heavy atom. The summed E-state index contributed by atoms with van der Waals surface area (Å²) in [4.78, 5) is 15.3. The summed E-state index contributed by atoms with van der Waals surface area (Å²) in [6.45, 7) is 9.84. The Kier molecular flexibility index (Phi) is 6.49. The van der Waals surface area contributed by atoms with Crippen LogP contribution < -0.4 is 5.32 Å². The highest BCUT2D eigenvalue weighted by Crippen LogP contribution is 2.29. The molecule has 30 heavy (non-hydrogen) atoms. The molecule has 1 fully saturated rings. The Labute approximate surface area is 178 Å². The second kappa shape index (κ2) is 9.27. The molecule has 7 heteroatoms. The number of nitrogens with zero attached hydrogens (tertiary/aromatic N) is 4. The Balaban J connectivity index is 1.56. The molecule has 0 bridgehead atoms. The molecule has 0 atom stereocenters. The molecule has 0 unspecified atom stereocenters. The van der Waals surface area contributed by atoms with Crippen molar-refractivity contribution in [1.29, 1.82) is 0 Å². The van der Waals surface area contributed by atoms with Gasteiger partial charge in [-0.2, -0.15) is 0 Å². The van der Waals surface area contributed by atoms with E-state index in [1.165, 1.54) is 11.1 Å². The number of carbonyl (C=O) groups is 1. The lowest BCUT2D eigenvalue weighted by atomic mass is 9.95. The van der Waals surface area contributed by atoms with Crippen LogP contribution in [0.4, 0.5) is 0 Å². The molecule has 2 aliphatic rings. The standard InChI is InChI=1S/C23H33N5O2/c1-4-18(5-2)24-23(29)22-16(3)28(26-25-22)21-8-6-7-17-15-27(12-9-20(17)21)19-10-13-30-14-11-19/h6-8,18-19H,4-5,9-15H2,1-3H3,(H,24,29). The summed E-state index contributed by atoms with van der Waals surface area (Å²) in [7, 11) is 0. The van der Waals surface area contributed by atoms with E-state index < -0.39 is 0 Å². The van der Waals surface area contributed by atoms with Crippen molar-refractivity contribution < 1.29 is 9.53 Å². The van der Waals surface area contributed by atoms with Gasteiger partial charge < -0.3 is 10.1 Å². The van der Waals surface area contributed by atoms with E-state index in [1.54, 1.807) is 0 Å². The molecule has 2 aliphatic heterocycles. The Hall–Kier alpha value is -2.25. The fraction of sp³-hybridized carbons (Fsp3) is 0.609. The first kappa shape index (κ1) is 21.0. The summed E-state index contributed by atoms with van der Waals surface area (Å²) < 4.78 is 7.37. The highest BCUT2D eigenvalue weighted by Gasteiger charge is 2.27. The molecule has 162 valence electrons. The average Bonchev–Trinajstić information content (AvgIpc) is 3.18. The highest BCUT2D eigenvalue weighted by molar-refractivity contribution is 5.93. The maximum atomic E-state index is 12.7. The predicted molar refractivity (Wildman–Crippen MR) is 116 cm³/mol. The van der Waals surface area contributed by atoms with Crippen molar-refractivity contribution in [1.82, 2.24) is 25.2 Å². The van der Waals surface area contributed by atoms with Crippen LogP contribution in [-0.4, -0.2) is 57.6 Å². The van der Waals surface area contributed by atoms with Gasteiger partial charge in [0.1, 0.15) is 0 Å². The molecule has 1 N–H and O–H groups in total. The van der Waals surface area contributed by atoms with Crippen LogP contribution in [0.1, 0.15) is 66.8 Å². The molecular weight excluding hydrogens is 378 g/mol. The third-order valence-corrected chi connectivity index (χ3v) is 6.64. The van der Waals surface area contributed by atoms with Gasteiger partial charge in [-0.3, -0.25) is 9.69 Å². The second-order valence-electron chi connectivity index (χ2n) is 8.40. The molecule has 0 spiro atoms. The van der Waals surface area contributed by atoms with E-state index >= 15 is 0 Å². The zero-order valence-electron chi connectivity index (χ0n) is 18.4. The van der Waals surface area contributed by atoms with Gasteiger partial charge in [-0.05, 0) is 56.2 Å². The monoisotopic (exact) mass is 411 g/mol. The van der Waals surface area contributed by atoms with Crippen LogP contribution >= 0.6 is 0 Å². The normalized spacial score (nSPS) is 17.9. The zero-order valence-corrected chi connectivity index (χ0v) is 18.4. The van der Waals surface area contributed by atoms with Crippen molar-refractivity contribution in [2.75, 3.05) is 19.8 Å². The van der Waals surface area contributed by atoms with Crippen molar-refractivity contribution in [3.63, 3.8) is 0 Å². The Morgan fingerprint density at radius 2 is 2.03 bits per heavy atom. The molecule has 2 aromatic rings. The molecule has 1 aromatic carbocycles. The summed E-state index contributed by atoms with van der Waals surface area (Å²) >= 11 is 0. The summed E-state index contributed by atoms with van der Waals surface area (Å²) in [5.41, 5.74) is 4.92. The van der Waals surface area contributed by atoms with Gasteiger partial charge in [0.2, 0.25) is 0 Å². The van der Waals surface area contributed by atoms with Gasteiger partial charge in [-0.15, -0.1) is 5.10 Å². The van der Waals surface area contributed by atoms with Crippen LogP contribution in [0.25, 0.3) is 5.69 Å². The van der Waals surface area contributed by atoms with E-state index in [2.05, 4.69) is 52.6 Å².